The number of hydrogen-bond donors (Lipinski definition) is 0. The van der Waals surface area contributed by atoms with Gasteiger partial charge in [-0.05, 0) is 23.5 Å². The lowest BCUT2D eigenvalue weighted by atomic mass is 9.90. The molecule has 0 N–H and O–H groups in total. The first-order valence-corrected chi connectivity index (χ1v) is 4.85. The lowest BCUT2D eigenvalue weighted by molar-refractivity contribution is 0.502. The summed E-state index contributed by atoms with van der Waals surface area (Å²) in [4.78, 5) is 0. The largest absolute Gasteiger partial charge is 0.205 e. The maximum absolute atomic E-state index is 13.5. The number of hydrogen-bond acceptors (Lipinski definition) is 0. The van der Waals surface area contributed by atoms with Gasteiger partial charge in [0.15, 0.2) is 0 Å². The van der Waals surface area contributed by atoms with Gasteiger partial charge >= 0.3 is 0 Å². The van der Waals surface area contributed by atoms with Crippen molar-refractivity contribution in [1.29, 1.82) is 0 Å². The van der Waals surface area contributed by atoms with Crippen LogP contribution in [-0.4, -0.2) is 0 Å². The molecule has 0 aliphatic rings. The average Bonchev–Trinajstić information content (AvgIpc) is 2.08. The van der Waals surface area contributed by atoms with E-state index >= 15 is 0 Å². The molecule has 0 unspecified atom stereocenters. The lowest BCUT2D eigenvalue weighted by Crippen LogP contribution is -2.04. The molecule has 0 heterocycles. The predicted molar refractivity (Wildman–Crippen MR) is 54.7 cm³/mol. The molecule has 1 aromatic rings. The zero-order valence-corrected chi connectivity index (χ0v) is 8.90. The summed E-state index contributed by atoms with van der Waals surface area (Å²) < 4.78 is 13.5. The van der Waals surface area contributed by atoms with Crippen molar-refractivity contribution in [2.45, 2.75) is 26.7 Å². The van der Waals surface area contributed by atoms with Crippen LogP contribution in [0, 0.1) is 11.7 Å². The molecule has 0 spiro atoms. The Morgan fingerprint density at radius 2 is 1.85 bits per heavy atom. The molecule has 0 bridgehead atoms. The number of halogens is 2. The Balaban J connectivity index is 3.07. The fourth-order valence-electron chi connectivity index (χ4n) is 1.23. The molecule has 0 aliphatic heterocycles. The van der Waals surface area contributed by atoms with Crippen LogP contribution in [0.25, 0.3) is 0 Å². The molecule has 0 saturated carbocycles. The Labute approximate surface area is 83.7 Å². The van der Waals surface area contributed by atoms with Crippen LogP contribution in [-0.2, 0) is 0 Å². The summed E-state index contributed by atoms with van der Waals surface area (Å²) in [5.74, 6) is 0.358. The summed E-state index contributed by atoms with van der Waals surface area (Å²) in [6, 6.07) is 5.17. The summed E-state index contributed by atoms with van der Waals surface area (Å²) in [7, 11) is 0. The quantitative estimate of drug-likeness (QED) is 0.670. The van der Waals surface area contributed by atoms with Crippen molar-refractivity contribution in [3.8, 4) is 0 Å². The van der Waals surface area contributed by atoms with Crippen LogP contribution in [0.5, 0.6) is 0 Å². The van der Waals surface area contributed by atoms with E-state index in [0.717, 1.165) is 0 Å². The van der Waals surface area contributed by atoms with E-state index in [2.05, 4.69) is 13.8 Å². The normalized spacial score (nSPS) is 13.4. The summed E-state index contributed by atoms with van der Waals surface area (Å²) in [5.41, 5.74) is 0.711. The predicted octanol–water partition coefficient (Wildman–Crippen LogP) is 4.24. The first-order chi connectivity index (χ1) is 6.04. The average molecular weight is 201 g/mol. The van der Waals surface area contributed by atoms with Gasteiger partial charge < -0.3 is 0 Å². The Morgan fingerprint density at radius 1 is 1.23 bits per heavy atom. The molecule has 0 aliphatic carbocycles. The van der Waals surface area contributed by atoms with Crippen molar-refractivity contribution in [1.82, 2.24) is 0 Å². The third-order valence-electron chi connectivity index (χ3n) is 2.47. The molecule has 0 fully saturated rings. The second-order valence-corrected chi connectivity index (χ2v) is 4.08. The topological polar surface area (TPSA) is 0 Å². The highest BCUT2D eigenvalue weighted by Crippen LogP contribution is 2.29. The van der Waals surface area contributed by atoms with Crippen LogP contribution in [0.15, 0.2) is 18.2 Å². The van der Waals surface area contributed by atoms with E-state index in [1.54, 1.807) is 18.2 Å². The molecule has 0 radical (unpaired) electrons. The SMILES string of the molecule is CC(C)[C@@H](C)c1cccc(Cl)c1F. The van der Waals surface area contributed by atoms with Crippen molar-refractivity contribution in [2.75, 3.05) is 0 Å². The number of rotatable bonds is 2. The van der Waals surface area contributed by atoms with Gasteiger partial charge in [0.05, 0.1) is 5.02 Å². The van der Waals surface area contributed by atoms with Crippen molar-refractivity contribution >= 4 is 11.6 Å². The highest BCUT2D eigenvalue weighted by atomic mass is 35.5. The zero-order valence-electron chi connectivity index (χ0n) is 8.14. The Kier molecular flexibility index (Phi) is 3.32. The van der Waals surface area contributed by atoms with E-state index in [4.69, 9.17) is 11.6 Å². The molecule has 0 aromatic heterocycles. The van der Waals surface area contributed by atoms with Gasteiger partial charge in [-0.25, -0.2) is 4.39 Å². The van der Waals surface area contributed by atoms with Crippen LogP contribution in [0.3, 0.4) is 0 Å². The maximum Gasteiger partial charge on any atom is 0.145 e. The molecular formula is C11H14ClF. The second-order valence-electron chi connectivity index (χ2n) is 3.68. The minimum atomic E-state index is -0.273. The van der Waals surface area contributed by atoms with E-state index in [1.165, 1.54) is 0 Å². The van der Waals surface area contributed by atoms with E-state index in [9.17, 15) is 4.39 Å². The van der Waals surface area contributed by atoms with Crippen molar-refractivity contribution in [2.24, 2.45) is 5.92 Å². The van der Waals surface area contributed by atoms with Gasteiger partial charge in [0.1, 0.15) is 5.82 Å². The first kappa shape index (κ1) is 10.5. The molecule has 0 amide bonds. The smallest absolute Gasteiger partial charge is 0.145 e. The molecule has 72 valence electrons. The van der Waals surface area contributed by atoms with Crippen LogP contribution >= 0.6 is 11.6 Å². The second kappa shape index (κ2) is 4.10. The summed E-state index contributed by atoms with van der Waals surface area (Å²) in [6.45, 7) is 6.16. The maximum atomic E-state index is 13.5. The zero-order chi connectivity index (χ0) is 10.0. The van der Waals surface area contributed by atoms with Crippen LogP contribution < -0.4 is 0 Å². The molecule has 13 heavy (non-hydrogen) atoms. The van der Waals surface area contributed by atoms with Crippen molar-refractivity contribution < 1.29 is 4.39 Å². The Bertz CT molecular complexity index is 294. The summed E-state index contributed by atoms with van der Waals surface area (Å²) in [5, 5.41) is 0.213. The van der Waals surface area contributed by atoms with Gasteiger partial charge in [-0.15, -0.1) is 0 Å². The standard InChI is InChI=1S/C11H14ClF/c1-7(2)8(3)9-5-4-6-10(12)11(9)13/h4-8H,1-3H3/t8-/m1/s1. The van der Waals surface area contributed by atoms with Gasteiger partial charge in [-0.1, -0.05) is 44.5 Å². The molecule has 2 heteroatoms. The van der Waals surface area contributed by atoms with E-state index in [0.29, 0.717) is 11.5 Å². The lowest BCUT2D eigenvalue weighted by Gasteiger charge is -2.16. The Hall–Kier alpha value is -0.560. The summed E-state index contributed by atoms with van der Waals surface area (Å²) >= 11 is 5.69. The molecule has 1 rings (SSSR count). The highest BCUT2D eigenvalue weighted by Gasteiger charge is 2.15. The molecule has 1 atom stereocenters. The third-order valence-corrected chi connectivity index (χ3v) is 2.76. The molecule has 0 nitrogen and oxygen atoms in total. The summed E-state index contributed by atoms with van der Waals surface area (Å²) in [6.07, 6.45) is 0. The molecular weight excluding hydrogens is 187 g/mol. The van der Waals surface area contributed by atoms with E-state index in [1.807, 2.05) is 6.92 Å². The Morgan fingerprint density at radius 3 is 2.38 bits per heavy atom. The molecule has 1 aromatic carbocycles. The molecule has 0 saturated heterocycles. The van der Waals surface area contributed by atoms with Gasteiger partial charge in [-0.3, -0.25) is 0 Å². The third kappa shape index (κ3) is 2.22. The fourth-order valence-corrected chi connectivity index (χ4v) is 1.41. The van der Waals surface area contributed by atoms with Crippen LogP contribution in [0.1, 0.15) is 32.3 Å². The van der Waals surface area contributed by atoms with Crippen LogP contribution in [0.4, 0.5) is 4.39 Å². The van der Waals surface area contributed by atoms with Crippen LogP contribution in [0.2, 0.25) is 5.02 Å². The van der Waals surface area contributed by atoms with E-state index < -0.39 is 0 Å². The van der Waals surface area contributed by atoms with Crippen molar-refractivity contribution in [3.63, 3.8) is 0 Å². The monoisotopic (exact) mass is 200 g/mol. The van der Waals surface area contributed by atoms with Gasteiger partial charge in [-0.2, -0.15) is 0 Å². The highest BCUT2D eigenvalue weighted by molar-refractivity contribution is 6.30. The van der Waals surface area contributed by atoms with Gasteiger partial charge in [0.2, 0.25) is 0 Å². The van der Waals surface area contributed by atoms with Gasteiger partial charge in [0.25, 0.3) is 0 Å². The van der Waals surface area contributed by atoms with Gasteiger partial charge in [0, 0.05) is 0 Å². The van der Waals surface area contributed by atoms with Crippen molar-refractivity contribution in [3.05, 3.63) is 34.6 Å². The minimum Gasteiger partial charge on any atom is -0.205 e. The van der Waals surface area contributed by atoms with E-state index in [-0.39, 0.29) is 16.8 Å². The minimum absolute atomic E-state index is 0.207. The fraction of sp³-hybridized carbons (Fsp3) is 0.455. The number of benzene rings is 1. The first-order valence-electron chi connectivity index (χ1n) is 4.48.